The van der Waals surface area contributed by atoms with Crippen molar-refractivity contribution in [3.05, 3.63) is 35.9 Å². The summed E-state index contributed by atoms with van der Waals surface area (Å²) in [6.45, 7) is 3.83. The van der Waals surface area contributed by atoms with Gasteiger partial charge in [0.15, 0.2) is 0 Å². The summed E-state index contributed by atoms with van der Waals surface area (Å²) in [5, 5.41) is 2.92. The van der Waals surface area contributed by atoms with E-state index in [2.05, 4.69) is 22.3 Å². The number of hydrogen-bond donors (Lipinski definition) is 1. The lowest BCUT2D eigenvalue weighted by Crippen LogP contribution is -2.55. The van der Waals surface area contributed by atoms with Gasteiger partial charge in [-0.2, -0.15) is 0 Å². The molecule has 3 rings (SSSR count). The number of rotatable bonds is 3. The maximum absolute atomic E-state index is 12.4. The fourth-order valence-corrected chi connectivity index (χ4v) is 3.29. The number of fused-ring (bicyclic) bond motifs is 1. The number of carbonyl (C=O) groups is 2. The van der Waals surface area contributed by atoms with E-state index in [4.69, 9.17) is 0 Å². The van der Waals surface area contributed by atoms with Crippen LogP contribution in [0.2, 0.25) is 0 Å². The van der Waals surface area contributed by atoms with Crippen molar-refractivity contribution < 1.29 is 9.59 Å². The van der Waals surface area contributed by atoms with Crippen molar-refractivity contribution in [2.45, 2.75) is 25.3 Å². The van der Waals surface area contributed by atoms with Crippen LogP contribution in [0.25, 0.3) is 0 Å². The highest BCUT2D eigenvalue weighted by Crippen LogP contribution is 2.15. The SMILES string of the molecule is O=C1NCCN2CCN(C(=O)CCc3ccccc3)CCC12. The Balaban J connectivity index is 1.54. The first-order valence-corrected chi connectivity index (χ1v) is 8.07. The highest BCUT2D eigenvalue weighted by atomic mass is 16.2. The van der Waals surface area contributed by atoms with Gasteiger partial charge in [0.05, 0.1) is 6.04 Å². The quantitative estimate of drug-likeness (QED) is 0.892. The standard InChI is InChI=1S/C17H23N3O2/c21-16(7-6-14-4-2-1-3-5-14)20-10-8-15-17(22)18-9-11-19(15)12-13-20/h1-5,15H,6-13H2,(H,18,22). The molecule has 2 fully saturated rings. The molecule has 0 bridgehead atoms. The van der Waals surface area contributed by atoms with E-state index in [9.17, 15) is 9.59 Å². The maximum Gasteiger partial charge on any atom is 0.237 e. The number of amides is 2. The summed E-state index contributed by atoms with van der Waals surface area (Å²) in [5.41, 5.74) is 1.20. The van der Waals surface area contributed by atoms with Crippen LogP contribution in [0.5, 0.6) is 0 Å². The van der Waals surface area contributed by atoms with Crippen LogP contribution in [-0.4, -0.2) is 60.4 Å². The lowest BCUT2D eigenvalue weighted by atomic mass is 10.1. The summed E-state index contributed by atoms with van der Waals surface area (Å²) in [5.74, 6) is 0.314. The number of hydrogen-bond acceptors (Lipinski definition) is 3. The van der Waals surface area contributed by atoms with Gasteiger partial charge in [-0.05, 0) is 18.4 Å². The molecule has 1 atom stereocenters. The van der Waals surface area contributed by atoms with Gasteiger partial charge in [-0.3, -0.25) is 14.5 Å². The first-order valence-electron chi connectivity index (χ1n) is 8.07. The first-order chi connectivity index (χ1) is 10.7. The van der Waals surface area contributed by atoms with E-state index in [1.54, 1.807) is 0 Å². The molecule has 0 radical (unpaired) electrons. The van der Waals surface area contributed by atoms with E-state index in [0.29, 0.717) is 13.0 Å². The predicted octanol–water partition coefficient (Wildman–Crippen LogP) is 0.652. The largest absolute Gasteiger partial charge is 0.353 e. The van der Waals surface area contributed by atoms with Gasteiger partial charge in [0.1, 0.15) is 0 Å². The number of aryl methyl sites for hydroxylation is 1. The Labute approximate surface area is 131 Å². The van der Waals surface area contributed by atoms with Crippen LogP contribution in [0, 0.1) is 0 Å². The van der Waals surface area contributed by atoms with Gasteiger partial charge in [-0.15, -0.1) is 0 Å². The highest BCUT2D eigenvalue weighted by Gasteiger charge is 2.32. The number of nitrogens with one attached hydrogen (secondary N) is 1. The molecule has 22 heavy (non-hydrogen) atoms. The molecule has 1 N–H and O–H groups in total. The van der Waals surface area contributed by atoms with Crippen LogP contribution in [0.1, 0.15) is 18.4 Å². The molecule has 1 aromatic carbocycles. The zero-order valence-electron chi connectivity index (χ0n) is 12.8. The second-order valence-corrected chi connectivity index (χ2v) is 6.00. The normalized spacial score (nSPS) is 22.6. The number of carbonyl (C=O) groups excluding carboxylic acids is 2. The predicted molar refractivity (Wildman–Crippen MR) is 84.3 cm³/mol. The third kappa shape index (κ3) is 3.47. The van der Waals surface area contributed by atoms with Crippen molar-refractivity contribution in [1.29, 1.82) is 0 Å². The zero-order valence-corrected chi connectivity index (χ0v) is 12.8. The zero-order chi connectivity index (χ0) is 15.4. The first kappa shape index (κ1) is 15.0. The molecular weight excluding hydrogens is 278 g/mol. The Bertz CT molecular complexity index is 532. The highest BCUT2D eigenvalue weighted by molar-refractivity contribution is 5.83. The van der Waals surface area contributed by atoms with Gasteiger partial charge in [-0.1, -0.05) is 30.3 Å². The van der Waals surface area contributed by atoms with E-state index in [1.807, 2.05) is 23.1 Å². The van der Waals surface area contributed by atoms with Gasteiger partial charge in [0, 0.05) is 39.1 Å². The van der Waals surface area contributed by atoms with Gasteiger partial charge in [0.25, 0.3) is 0 Å². The van der Waals surface area contributed by atoms with Gasteiger partial charge < -0.3 is 10.2 Å². The van der Waals surface area contributed by atoms with E-state index >= 15 is 0 Å². The molecule has 1 unspecified atom stereocenters. The average Bonchev–Trinajstić information content (AvgIpc) is 2.77. The van der Waals surface area contributed by atoms with Crippen molar-refractivity contribution >= 4 is 11.8 Å². The van der Waals surface area contributed by atoms with Gasteiger partial charge in [-0.25, -0.2) is 0 Å². The third-order valence-corrected chi connectivity index (χ3v) is 4.59. The van der Waals surface area contributed by atoms with Crippen LogP contribution in [0.4, 0.5) is 0 Å². The average molecular weight is 301 g/mol. The topological polar surface area (TPSA) is 52.7 Å². The summed E-state index contributed by atoms with van der Waals surface area (Å²) >= 11 is 0. The van der Waals surface area contributed by atoms with Crippen molar-refractivity contribution in [1.82, 2.24) is 15.1 Å². The number of nitrogens with zero attached hydrogens (tertiary/aromatic N) is 2. The summed E-state index contributed by atoms with van der Waals surface area (Å²) in [7, 11) is 0. The molecule has 2 saturated heterocycles. The molecule has 118 valence electrons. The molecule has 0 aliphatic carbocycles. The summed E-state index contributed by atoms with van der Waals surface area (Å²) < 4.78 is 0. The Kier molecular flexibility index (Phi) is 4.73. The molecule has 2 aliphatic heterocycles. The van der Waals surface area contributed by atoms with Crippen LogP contribution in [0.3, 0.4) is 0 Å². The Morgan fingerprint density at radius 1 is 1.14 bits per heavy atom. The van der Waals surface area contributed by atoms with Crippen LogP contribution >= 0.6 is 0 Å². The fourth-order valence-electron chi connectivity index (χ4n) is 3.29. The molecule has 2 amide bonds. The minimum absolute atomic E-state index is 0.0549. The van der Waals surface area contributed by atoms with Crippen molar-refractivity contribution in [3.63, 3.8) is 0 Å². The molecule has 5 nitrogen and oxygen atoms in total. The minimum atomic E-state index is -0.0549. The number of piperazine rings is 1. The lowest BCUT2D eigenvalue weighted by molar-refractivity contribution is -0.131. The molecule has 1 aromatic rings. The van der Waals surface area contributed by atoms with Crippen molar-refractivity contribution in [3.8, 4) is 0 Å². The van der Waals surface area contributed by atoms with Crippen molar-refractivity contribution in [2.75, 3.05) is 32.7 Å². The summed E-state index contributed by atoms with van der Waals surface area (Å²) in [6.07, 6.45) is 2.06. The molecule has 5 heteroatoms. The molecule has 0 spiro atoms. The molecule has 2 aliphatic rings. The van der Waals surface area contributed by atoms with Gasteiger partial charge in [0.2, 0.25) is 11.8 Å². The van der Waals surface area contributed by atoms with E-state index < -0.39 is 0 Å². The van der Waals surface area contributed by atoms with E-state index in [1.165, 1.54) is 5.56 Å². The molecule has 2 heterocycles. The molecule has 0 saturated carbocycles. The van der Waals surface area contributed by atoms with Crippen LogP contribution in [-0.2, 0) is 16.0 Å². The third-order valence-electron chi connectivity index (χ3n) is 4.59. The van der Waals surface area contributed by atoms with Gasteiger partial charge >= 0.3 is 0 Å². The monoisotopic (exact) mass is 301 g/mol. The number of benzene rings is 1. The second kappa shape index (κ2) is 6.92. The van der Waals surface area contributed by atoms with Crippen LogP contribution in [0.15, 0.2) is 30.3 Å². The molecule has 0 aromatic heterocycles. The minimum Gasteiger partial charge on any atom is -0.353 e. The van der Waals surface area contributed by atoms with E-state index in [0.717, 1.165) is 39.0 Å². The van der Waals surface area contributed by atoms with Crippen LogP contribution < -0.4 is 5.32 Å². The summed E-state index contributed by atoms with van der Waals surface area (Å²) in [6, 6.07) is 10.0. The molecular formula is C17H23N3O2. The maximum atomic E-state index is 12.4. The lowest BCUT2D eigenvalue weighted by Gasteiger charge is -2.32. The second-order valence-electron chi connectivity index (χ2n) is 6.00. The smallest absolute Gasteiger partial charge is 0.237 e. The Hall–Kier alpha value is -1.88. The summed E-state index contributed by atoms with van der Waals surface area (Å²) in [4.78, 5) is 28.5. The van der Waals surface area contributed by atoms with E-state index in [-0.39, 0.29) is 17.9 Å². The fraction of sp³-hybridized carbons (Fsp3) is 0.529. The Morgan fingerprint density at radius 2 is 1.95 bits per heavy atom. The van der Waals surface area contributed by atoms with Crippen molar-refractivity contribution in [2.24, 2.45) is 0 Å². The Morgan fingerprint density at radius 3 is 2.77 bits per heavy atom.